The molecule has 6 nitrogen and oxygen atoms in total. The molecule has 2 saturated heterocycles. The maximum absolute atomic E-state index is 12.6. The summed E-state index contributed by atoms with van der Waals surface area (Å²) in [4.78, 5) is 37.9. The number of fused-ring (bicyclic) bond motifs is 1. The maximum atomic E-state index is 12.6. The second kappa shape index (κ2) is 3.92. The van der Waals surface area contributed by atoms with Crippen molar-refractivity contribution in [3.05, 3.63) is 34.9 Å². The van der Waals surface area contributed by atoms with Crippen LogP contribution in [0.2, 0.25) is 0 Å². The Morgan fingerprint density at radius 2 is 1.95 bits per heavy atom. The SMILES string of the molecule is Cc1ccc2c(c1)C(=O)N(C1CCC(=O)NC13CO3)C2=O. The quantitative estimate of drug-likeness (QED) is 0.605. The van der Waals surface area contributed by atoms with Gasteiger partial charge in [-0.15, -0.1) is 0 Å². The number of hydrogen-bond acceptors (Lipinski definition) is 4. The van der Waals surface area contributed by atoms with Crippen molar-refractivity contribution in [2.24, 2.45) is 0 Å². The van der Waals surface area contributed by atoms with E-state index in [1.165, 1.54) is 4.90 Å². The number of imide groups is 1. The van der Waals surface area contributed by atoms with E-state index in [9.17, 15) is 14.4 Å². The first-order chi connectivity index (χ1) is 10.0. The molecule has 3 aliphatic rings. The molecular formula is C15H14N2O4. The number of nitrogens with one attached hydrogen (secondary N) is 1. The number of carbonyl (C=O) groups is 3. The molecule has 0 bridgehead atoms. The van der Waals surface area contributed by atoms with Gasteiger partial charge in [0.2, 0.25) is 5.91 Å². The summed E-state index contributed by atoms with van der Waals surface area (Å²) in [5, 5.41) is 2.77. The van der Waals surface area contributed by atoms with Crippen molar-refractivity contribution in [3.63, 3.8) is 0 Å². The lowest BCUT2D eigenvalue weighted by Gasteiger charge is -2.34. The Balaban J connectivity index is 1.73. The molecule has 2 unspecified atom stereocenters. The van der Waals surface area contributed by atoms with Crippen LogP contribution in [0.4, 0.5) is 0 Å². The smallest absolute Gasteiger partial charge is 0.261 e. The van der Waals surface area contributed by atoms with Gasteiger partial charge in [0, 0.05) is 6.42 Å². The van der Waals surface area contributed by atoms with Crippen LogP contribution in [0.25, 0.3) is 0 Å². The van der Waals surface area contributed by atoms with Gasteiger partial charge < -0.3 is 10.1 Å². The van der Waals surface area contributed by atoms with Crippen molar-refractivity contribution < 1.29 is 19.1 Å². The third-order valence-electron chi connectivity index (χ3n) is 4.37. The van der Waals surface area contributed by atoms with Crippen LogP contribution in [0.1, 0.15) is 39.1 Å². The number of ether oxygens (including phenoxy) is 1. The molecule has 0 aliphatic carbocycles. The first-order valence-corrected chi connectivity index (χ1v) is 6.95. The topological polar surface area (TPSA) is 79.0 Å². The number of carbonyl (C=O) groups excluding carboxylic acids is 3. The predicted octanol–water partition coefficient (Wildman–Crippen LogP) is 0.596. The normalized spacial score (nSPS) is 30.6. The largest absolute Gasteiger partial charge is 0.346 e. The van der Waals surface area contributed by atoms with Crippen molar-refractivity contribution in [2.75, 3.05) is 6.61 Å². The van der Waals surface area contributed by atoms with E-state index in [-0.39, 0.29) is 17.7 Å². The van der Waals surface area contributed by atoms with Crippen molar-refractivity contribution in [1.82, 2.24) is 10.2 Å². The Kier molecular flexibility index (Phi) is 2.34. The summed E-state index contributed by atoms with van der Waals surface area (Å²) >= 11 is 0. The van der Waals surface area contributed by atoms with E-state index in [4.69, 9.17) is 4.74 Å². The average Bonchev–Trinajstić information content (AvgIpc) is 3.15. The van der Waals surface area contributed by atoms with E-state index >= 15 is 0 Å². The van der Waals surface area contributed by atoms with Crippen LogP contribution in [0.5, 0.6) is 0 Å². The minimum atomic E-state index is -0.863. The Morgan fingerprint density at radius 3 is 2.67 bits per heavy atom. The van der Waals surface area contributed by atoms with Crippen LogP contribution >= 0.6 is 0 Å². The van der Waals surface area contributed by atoms with Crippen LogP contribution in [-0.4, -0.2) is 41.0 Å². The third-order valence-corrected chi connectivity index (χ3v) is 4.37. The van der Waals surface area contributed by atoms with Gasteiger partial charge in [0.05, 0.1) is 23.8 Å². The molecular weight excluding hydrogens is 272 g/mol. The molecule has 0 radical (unpaired) electrons. The van der Waals surface area contributed by atoms with Crippen molar-refractivity contribution in [3.8, 4) is 0 Å². The van der Waals surface area contributed by atoms with E-state index in [1.807, 2.05) is 13.0 Å². The van der Waals surface area contributed by atoms with E-state index in [0.717, 1.165) is 5.56 Å². The van der Waals surface area contributed by atoms with Crippen molar-refractivity contribution in [1.29, 1.82) is 0 Å². The molecule has 2 atom stereocenters. The zero-order valence-electron chi connectivity index (χ0n) is 11.5. The zero-order chi connectivity index (χ0) is 14.8. The monoisotopic (exact) mass is 286 g/mol. The van der Waals surface area contributed by atoms with Crippen LogP contribution in [-0.2, 0) is 9.53 Å². The molecule has 1 aromatic carbocycles. The van der Waals surface area contributed by atoms with E-state index < -0.39 is 11.8 Å². The van der Waals surface area contributed by atoms with Crippen LogP contribution in [0.15, 0.2) is 18.2 Å². The first kappa shape index (κ1) is 12.5. The Labute approximate surface area is 121 Å². The van der Waals surface area contributed by atoms with Gasteiger partial charge >= 0.3 is 0 Å². The molecule has 3 amide bonds. The molecule has 4 rings (SSSR count). The number of amides is 3. The summed E-state index contributed by atoms with van der Waals surface area (Å²) in [5.74, 6) is -0.697. The Hall–Kier alpha value is -2.21. The third kappa shape index (κ3) is 1.65. The van der Waals surface area contributed by atoms with Gasteiger partial charge in [-0.05, 0) is 25.5 Å². The van der Waals surface area contributed by atoms with Gasteiger partial charge in [-0.2, -0.15) is 0 Å². The van der Waals surface area contributed by atoms with Gasteiger partial charge in [-0.3, -0.25) is 19.3 Å². The van der Waals surface area contributed by atoms with Crippen LogP contribution in [0, 0.1) is 6.92 Å². The lowest BCUT2D eigenvalue weighted by molar-refractivity contribution is -0.126. The molecule has 6 heteroatoms. The van der Waals surface area contributed by atoms with Gasteiger partial charge in [0.15, 0.2) is 5.72 Å². The molecule has 1 N–H and O–H groups in total. The number of nitrogens with zero attached hydrogens (tertiary/aromatic N) is 1. The summed E-state index contributed by atoms with van der Waals surface area (Å²) < 4.78 is 5.37. The molecule has 2 fully saturated rings. The molecule has 0 aromatic heterocycles. The second-order valence-corrected chi connectivity index (χ2v) is 5.81. The van der Waals surface area contributed by atoms with E-state index in [2.05, 4.69) is 5.32 Å². The Bertz CT molecular complexity index is 693. The minimum Gasteiger partial charge on any atom is -0.346 e. The molecule has 21 heavy (non-hydrogen) atoms. The molecule has 1 aromatic rings. The summed E-state index contributed by atoms with van der Waals surface area (Å²) in [7, 11) is 0. The average molecular weight is 286 g/mol. The van der Waals surface area contributed by atoms with Gasteiger partial charge in [0.25, 0.3) is 11.8 Å². The highest BCUT2D eigenvalue weighted by Crippen LogP contribution is 2.40. The fourth-order valence-electron chi connectivity index (χ4n) is 3.22. The number of epoxide rings is 1. The molecule has 3 heterocycles. The minimum absolute atomic E-state index is 0.101. The number of hydrogen-bond donors (Lipinski definition) is 1. The second-order valence-electron chi connectivity index (χ2n) is 5.81. The van der Waals surface area contributed by atoms with Crippen LogP contribution < -0.4 is 5.32 Å². The fourth-order valence-corrected chi connectivity index (χ4v) is 3.22. The zero-order valence-corrected chi connectivity index (χ0v) is 11.5. The maximum Gasteiger partial charge on any atom is 0.261 e. The van der Waals surface area contributed by atoms with Crippen molar-refractivity contribution in [2.45, 2.75) is 31.5 Å². The highest BCUT2D eigenvalue weighted by atomic mass is 16.6. The molecule has 3 aliphatic heterocycles. The highest BCUT2D eigenvalue weighted by Gasteiger charge is 2.60. The molecule has 108 valence electrons. The van der Waals surface area contributed by atoms with Crippen molar-refractivity contribution >= 4 is 17.7 Å². The lowest BCUT2D eigenvalue weighted by Crippen LogP contribution is -2.59. The Morgan fingerprint density at radius 1 is 1.24 bits per heavy atom. The summed E-state index contributed by atoms with van der Waals surface area (Å²) in [6.45, 7) is 2.23. The van der Waals surface area contributed by atoms with E-state index in [0.29, 0.717) is 30.6 Å². The standard InChI is InChI=1S/C15H14N2O4/c1-8-2-3-9-10(6-8)14(20)17(13(9)19)11-4-5-12(18)16-15(11)7-21-15/h2-3,6,11H,4-5,7H2,1H3,(H,16,18). The number of piperidine rings is 1. The summed E-state index contributed by atoms with van der Waals surface area (Å²) in [5.41, 5.74) is 0.940. The lowest BCUT2D eigenvalue weighted by atomic mass is 9.97. The number of rotatable bonds is 1. The summed E-state index contributed by atoms with van der Waals surface area (Å²) in [6.07, 6.45) is 0.735. The highest BCUT2D eigenvalue weighted by molar-refractivity contribution is 6.21. The first-order valence-electron chi connectivity index (χ1n) is 6.95. The number of benzene rings is 1. The molecule has 0 saturated carbocycles. The predicted molar refractivity (Wildman–Crippen MR) is 71.5 cm³/mol. The van der Waals surface area contributed by atoms with Gasteiger partial charge in [0.1, 0.15) is 0 Å². The fraction of sp³-hybridized carbons (Fsp3) is 0.400. The summed E-state index contributed by atoms with van der Waals surface area (Å²) in [6, 6.07) is 4.81. The van der Waals surface area contributed by atoms with Gasteiger partial charge in [-0.25, -0.2) is 0 Å². The van der Waals surface area contributed by atoms with E-state index in [1.54, 1.807) is 12.1 Å². The van der Waals surface area contributed by atoms with Crippen LogP contribution in [0.3, 0.4) is 0 Å². The molecule has 1 spiro atoms. The number of aryl methyl sites for hydroxylation is 1. The van der Waals surface area contributed by atoms with Gasteiger partial charge in [-0.1, -0.05) is 11.6 Å².